The van der Waals surface area contributed by atoms with E-state index in [-0.39, 0.29) is 35.9 Å². The molecule has 2 heterocycles. The Morgan fingerprint density at radius 3 is 2.90 bits per heavy atom. The molecule has 158 valence electrons. The Morgan fingerprint density at radius 1 is 1.28 bits per heavy atom. The quantitative estimate of drug-likeness (QED) is 0.204. The normalized spacial score (nSPS) is 16.8. The van der Waals surface area contributed by atoms with Gasteiger partial charge in [0.1, 0.15) is 5.82 Å². The van der Waals surface area contributed by atoms with Crippen molar-refractivity contribution in [1.29, 1.82) is 0 Å². The van der Waals surface area contributed by atoms with Crippen LogP contribution in [-0.2, 0) is 9.53 Å². The Kier molecular flexibility index (Phi) is 9.43. The number of guanidine groups is 1. The number of nitrogens with one attached hydrogen (secondary N) is 2. The fourth-order valence-electron chi connectivity index (χ4n) is 3.48. The Balaban J connectivity index is 0.00000300. The molecule has 29 heavy (non-hydrogen) atoms. The number of carbonyl (C=O) groups is 1. The molecular weight excluding hydrogens is 481 g/mol. The zero-order valence-electron chi connectivity index (χ0n) is 17.1. The van der Waals surface area contributed by atoms with Crippen molar-refractivity contribution in [2.24, 2.45) is 10.9 Å². The number of ether oxygens (including phenoxy) is 1. The van der Waals surface area contributed by atoms with Gasteiger partial charge >= 0.3 is 5.97 Å². The molecule has 1 atom stereocenters. The number of aliphatic imine (C=N–C) groups is 1. The third kappa shape index (κ3) is 6.45. The minimum absolute atomic E-state index is 0. The maximum Gasteiger partial charge on any atom is 0.310 e. The van der Waals surface area contributed by atoms with Gasteiger partial charge in [-0.15, -0.1) is 24.0 Å². The number of nitrogens with zero attached hydrogens (tertiary/aromatic N) is 3. The number of fused-ring (bicyclic) bond motifs is 1. The number of rotatable bonds is 6. The number of hydrogen-bond acceptors (Lipinski definition) is 5. The van der Waals surface area contributed by atoms with Crippen molar-refractivity contribution in [2.75, 3.05) is 45.2 Å². The predicted molar refractivity (Wildman–Crippen MR) is 128 cm³/mol. The fourth-order valence-corrected chi connectivity index (χ4v) is 3.48. The Bertz CT molecular complexity index is 830. The number of piperidine rings is 1. The van der Waals surface area contributed by atoms with Gasteiger partial charge in [-0.2, -0.15) is 0 Å². The zero-order valence-corrected chi connectivity index (χ0v) is 19.4. The molecule has 1 aliphatic heterocycles. The third-order valence-electron chi connectivity index (χ3n) is 4.87. The molecule has 0 bridgehead atoms. The van der Waals surface area contributed by atoms with E-state index in [2.05, 4.69) is 37.6 Å². The van der Waals surface area contributed by atoms with E-state index in [1.807, 2.05) is 31.2 Å². The van der Waals surface area contributed by atoms with Gasteiger partial charge in [-0.25, -0.2) is 4.98 Å². The molecule has 1 saturated heterocycles. The number of halogens is 1. The third-order valence-corrected chi connectivity index (χ3v) is 4.87. The van der Waals surface area contributed by atoms with Crippen LogP contribution in [-0.4, -0.2) is 61.6 Å². The largest absolute Gasteiger partial charge is 0.466 e. The van der Waals surface area contributed by atoms with Crippen molar-refractivity contribution < 1.29 is 9.53 Å². The topological polar surface area (TPSA) is 78.8 Å². The van der Waals surface area contributed by atoms with Crippen LogP contribution in [0.1, 0.15) is 19.8 Å². The SMILES string of the molecule is CCOC(=O)C1CCCN(C(=NC)NCCNc2ccc3ccccc3n2)C1.I. The van der Waals surface area contributed by atoms with Gasteiger partial charge in [-0.3, -0.25) is 9.79 Å². The molecule has 0 aliphatic carbocycles. The highest BCUT2D eigenvalue weighted by Gasteiger charge is 2.28. The summed E-state index contributed by atoms with van der Waals surface area (Å²) in [5.74, 6) is 1.50. The number of anilines is 1. The number of hydrogen-bond donors (Lipinski definition) is 2. The molecule has 1 aromatic heterocycles. The fraction of sp³-hybridized carbons (Fsp3) is 0.476. The van der Waals surface area contributed by atoms with Crippen molar-refractivity contribution in [3.05, 3.63) is 36.4 Å². The van der Waals surface area contributed by atoms with Gasteiger partial charge in [0.05, 0.1) is 18.0 Å². The van der Waals surface area contributed by atoms with Crippen molar-refractivity contribution >= 4 is 52.6 Å². The summed E-state index contributed by atoms with van der Waals surface area (Å²) in [6.45, 7) is 5.25. The molecular formula is C21H30IN5O2. The van der Waals surface area contributed by atoms with Crippen LogP contribution in [0.25, 0.3) is 10.9 Å². The highest BCUT2D eigenvalue weighted by atomic mass is 127. The molecule has 1 fully saturated rings. The monoisotopic (exact) mass is 511 g/mol. The number of likely N-dealkylation sites (tertiary alicyclic amines) is 1. The molecule has 8 heteroatoms. The highest BCUT2D eigenvalue weighted by Crippen LogP contribution is 2.18. The first kappa shape index (κ1) is 23.2. The van der Waals surface area contributed by atoms with Gasteiger partial charge in [0.2, 0.25) is 0 Å². The second-order valence-electron chi connectivity index (χ2n) is 6.83. The minimum Gasteiger partial charge on any atom is -0.466 e. The molecule has 1 aromatic carbocycles. The van der Waals surface area contributed by atoms with Gasteiger partial charge in [-0.05, 0) is 38.0 Å². The predicted octanol–water partition coefficient (Wildman–Crippen LogP) is 3.12. The summed E-state index contributed by atoms with van der Waals surface area (Å²) in [6.07, 6.45) is 1.84. The van der Waals surface area contributed by atoms with Gasteiger partial charge in [-0.1, -0.05) is 18.2 Å². The maximum atomic E-state index is 12.0. The van der Waals surface area contributed by atoms with Crippen LogP contribution in [0.3, 0.4) is 0 Å². The van der Waals surface area contributed by atoms with Crippen molar-refractivity contribution in [1.82, 2.24) is 15.2 Å². The first-order valence-corrected chi connectivity index (χ1v) is 9.93. The van der Waals surface area contributed by atoms with Gasteiger partial charge in [0.15, 0.2) is 5.96 Å². The van der Waals surface area contributed by atoms with Gasteiger partial charge in [0, 0.05) is 38.6 Å². The summed E-state index contributed by atoms with van der Waals surface area (Å²) >= 11 is 0. The second kappa shape index (κ2) is 11.8. The van der Waals surface area contributed by atoms with E-state index in [1.165, 1.54) is 0 Å². The maximum absolute atomic E-state index is 12.0. The van der Waals surface area contributed by atoms with Crippen LogP contribution in [0, 0.1) is 5.92 Å². The number of para-hydroxylation sites is 1. The molecule has 0 spiro atoms. The lowest BCUT2D eigenvalue weighted by Gasteiger charge is -2.34. The lowest BCUT2D eigenvalue weighted by Crippen LogP contribution is -2.49. The Labute approximate surface area is 189 Å². The van der Waals surface area contributed by atoms with Crippen molar-refractivity contribution in [3.8, 4) is 0 Å². The van der Waals surface area contributed by atoms with Crippen molar-refractivity contribution in [2.45, 2.75) is 19.8 Å². The molecule has 2 N–H and O–H groups in total. The number of esters is 1. The molecule has 7 nitrogen and oxygen atoms in total. The summed E-state index contributed by atoms with van der Waals surface area (Å²) in [5.41, 5.74) is 0.981. The number of aromatic nitrogens is 1. The van der Waals surface area contributed by atoms with Crippen LogP contribution in [0.15, 0.2) is 41.4 Å². The Morgan fingerprint density at radius 2 is 2.10 bits per heavy atom. The summed E-state index contributed by atoms with van der Waals surface area (Å²) in [4.78, 5) is 23.2. The molecule has 0 saturated carbocycles. The molecule has 1 aliphatic rings. The second-order valence-corrected chi connectivity index (χ2v) is 6.83. The first-order chi connectivity index (χ1) is 13.7. The number of carbonyl (C=O) groups excluding carboxylic acids is 1. The molecule has 3 rings (SSSR count). The van der Waals surface area contributed by atoms with Crippen LogP contribution in [0.4, 0.5) is 5.82 Å². The molecule has 2 aromatic rings. The van der Waals surface area contributed by atoms with E-state index < -0.39 is 0 Å². The number of benzene rings is 1. The Hall–Kier alpha value is -2.10. The van der Waals surface area contributed by atoms with Crippen LogP contribution < -0.4 is 10.6 Å². The summed E-state index contributed by atoms with van der Waals surface area (Å²) in [6, 6.07) is 12.1. The average molecular weight is 511 g/mol. The van der Waals surface area contributed by atoms with Gasteiger partial charge < -0.3 is 20.3 Å². The van der Waals surface area contributed by atoms with Gasteiger partial charge in [0.25, 0.3) is 0 Å². The zero-order chi connectivity index (χ0) is 19.8. The van der Waals surface area contributed by atoms with E-state index in [9.17, 15) is 4.79 Å². The molecule has 1 unspecified atom stereocenters. The van der Waals surface area contributed by atoms with E-state index in [0.29, 0.717) is 19.7 Å². The average Bonchev–Trinajstić information content (AvgIpc) is 2.74. The summed E-state index contributed by atoms with van der Waals surface area (Å²) in [7, 11) is 1.77. The lowest BCUT2D eigenvalue weighted by atomic mass is 9.98. The minimum atomic E-state index is -0.105. The smallest absolute Gasteiger partial charge is 0.310 e. The van der Waals surface area contributed by atoms with Crippen LogP contribution >= 0.6 is 24.0 Å². The first-order valence-electron chi connectivity index (χ1n) is 9.93. The summed E-state index contributed by atoms with van der Waals surface area (Å²) < 4.78 is 5.18. The molecule has 0 amide bonds. The highest BCUT2D eigenvalue weighted by molar-refractivity contribution is 14.0. The van der Waals surface area contributed by atoms with E-state index in [0.717, 1.165) is 48.6 Å². The summed E-state index contributed by atoms with van der Waals surface area (Å²) in [5, 5.41) is 7.85. The van der Waals surface area contributed by atoms with E-state index in [4.69, 9.17) is 4.74 Å². The van der Waals surface area contributed by atoms with E-state index in [1.54, 1.807) is 7.05 Å². The lowest BCUT2D eigenvalue weighted by molar-refractivity contribution is -0.149. The van der Waals surface area contributed by atoms with E-state index >= 15 is 0 Å². The number of pyridine rings is 1. The standard InChI is InChI=1S/C21H29N5O2.HI/c1-3-28-20(27)17-8-6-14-26(15-17)21(22-2)24-13-12-23-19-11-10-16-7-4-5-9-18(16)25-19;/h4-5,7,9-11,17H,3,6,8,12-15H2,1-2H3,(H,22,24)(H,23,25);1H. The van der Waals surface area contributed by atoms with Crippen LogP contribution in [0.2, 0.25) is 0 Å². The van der Waals surface area contributed by atoms with Crippen molar-refractivity contribution in [3.63, 3.8) is 0 Å². The van der Waals surface area contributed by atoms with Crippen LogP contribution in [0.5, 0.6) is 0 Å². The molecule has 0 radical (unpaired) electrons.